The van der Waals surface area contributed by atoms with E-state index in [4.69, 9.17) is 16.3 Å². The minimum Gasteiger partial charge on any atom is -0.444 e. The van der Waals surface area contributed by atoms with Crippen LogP contribution in [-0.2, 0) is 4.74 Å². The third-order valence-electron chi connectivity index (χ3n) is 3.16. The molecular weight excluding hydrogens is 428 g/mol. The molecular formula is C16H18BrClN4O4. The molecule has 0 radical (unpaired) electrons. The van der Waals surface area contributed by atoms with Gasteiger partial charge in [-0.15, -0.1) is 0 Å². The minimum absolute atomic E-state index is 0.205. The van der Waals surface area contributed by atoms with E-state index in [1.54, 1.807) is 39.0 Å². The highest BCUT2D eigenvalue weighted by Crippen LogP contribution is 2.37. The molecule has 0 fully saturated rings. The van der Waals surface area contributed by atoms with E-state index in [9.17, 15) is 14.9 Å². The Kier molecular flexibility index (Phi) is 6.25. The van der Waals surface area contributed by atoms with Crippen molar-refractivity contribution in [3.05, 3.63) is 37.9 Å². The topological polar surface area (TPSA) is 106 Å². The number of fused-ring (bicyclic) bond motifs is 1. The zero-order valence-corrected chi connectivity index (χ0v) is 16.8. The number of nitrogens with one attached hydrogen (secondary N) is 2. The highest BCUT2D eigenvalue weighted by Gasteiger charge is 2.24. The number of amides is 1. The molecule has 0 aliphatic heterocycles. The van der Waals surface area contributed by atoms with Crippen molar-refractivity contribution in [1.29, 1.82) is 0 Å². The minimum atomic E-state index is -0.599. The Morgan fingerprint density at radius 3 is 2.69 bits per heavy atom. The number of nitro groups is 1. The number of pyridine rings is 1. The van der Waals surface area contributed by atoms with Gasteiger partial charge in [-0.25, -0.2) is 9.78 Å². The van der Waals surface area contributed by atoms with Crippen LogP contribution in [0, 0.1) is 10.1 Å². The van der Waals surface area contributed by atoms with E-state index >= 15 is 0 Å². The Hall–Kier alpha value is -2.13. The first-order chi connectivity index (χ1) is 12.1. The van der Waals surface area contributed by atoms with Gasteiger partial charge in [0.15, 0.2) is 0 Å². The maximum absolute atomic E-state index is 11.6. The molecule has 0 saturated carbocycles. The number of carbonyl (C=O) groups is 1. The molecule has 140 valence electrons. The average Bonchev–Trinajstić information content (AvgIpc) is 2.48. The van der Waals surface area contributed by atoms with E-state index in [-0.39, 0.29) is 29.6 Å². The van der Waals surface area contributed by atoms with E-state index in [0.717, 1.165) is 4.47 Å². The van der Waals surface area contributed by atoms with Gasteiger partial charge in [-0.05, 0) is 39.0 Å². The van der Waals surface area contributed by atoms with Gasteiger partial charge in [0.05, 0.1) is 10.4 Å². The monoisotopic (exact) mass is 444 g/mol. The number of hydrogen-bond acceptors (Lipinski definition) is 6. The highest BCUT2D eigenvalue weighted by molar-refractivity contribution is 9.10. The Labute approximate surface area is 163 Å². The van der Waals surface area contributed by atoms with Crippen LogP contribution in [0.15, 0.2) is 22.7 Å². The van der Waals surface area contributed by atoms with Gasteiger partial charge < -0.3 is 15.4 Å². The molecule has 8 nitrogen and oxygen atoms in total. The molecule has 0 atom stereocenters. The van der Waals surface area contributed by atoms with Crippen LogP contribution in [0.5, 0.6) is 0 Å². The normalized spacial score (nSPS) is 11.3. The van der Waals surface area contributed by atoms with Crippen molar-refractivity contribution in [2.45, 2.75) is 26.4 Å². The number of nitrogens with zero attached hydrogens (tertiary/aromatic N) is 2. The van der Waals surface area contributed by atoms with Gasteiger partial charge in [0.1, 0.15) is 11.3 Å². The van der Waals surface area contributed by atoms with E-state index in [2.05, 4.69) is 31.5 Å². The van der Waals surface area contributed by atoms with E-state index in [1.165, 1.54) is 0 Å². The molecule has 0 aliphatic carbocycles. The predicted octanol–water partition coefficient (Wildman–Crippen LogP) is 4.50. The number of alkyl carbamates (subject to hydrolysis) is 1. The first-order valence-electron chi connectivity index (χ1n) is 7.72. The molecule has 26 heavy (non-hydrogen) atoms. The Morgan fingerprint density at radius 1 is 1.38 bits per heavy atom. The smallest absolute Gasteiger partial charge is 0.407 e. The van der Waals surface area contributed by atoms with Crippen LogP contribution >= 0.6 is 27.5 Å². The fourth-order valence-corrected chi connectivity index (χ4v) is 2.81. The lowest BCUT2D eigenvalue weighted by molar-refractivity contribution is -0.384. The molecule has 2 aromatic rings. The molecule has 0 saturated heterocycles. The van der Waals surface area contributed by atoms with Gasteiger partial charge in [-0.3, -0.25) is 10.1 Å². The molecule has 0 bridgehead atoms. The van der Waals surface area contributed by atoms with Crippen molar-refractivity contribution in [2.24, 2.45) is 0 Å². The summed E-state index contributed by atoms with van der Waals surface area (Å²) >= 11 is 9.33. The summed E-state index contributed by atoms with van der Waals surface area (Å²) in [6.07, 6.45) is -0.560. The molecule has 1 amide bonds. The lowest BCUT2D eigenvalue weighted by Crippen LogP contribution is -2.35. The van der Waals surface area contributed by atoms with Gasteiger partial charge in [0, 0.05) is 22.9 Å². The molecule has 1 aromatic heterocycles. The number of ether oxygens (including phenoxy) is 1. The summed E-state index contributed by atoms with van der Waals surface area (Å²) in [5, 5.41) is 17.3. The van der Waals surface area contributed by atoms with Crippen molar-refractivity contribution < 1.29 is 14.5 Å². The summed E-state index contributed by atoms with van der Waals surface area (Å²) in [4.78, 5) is 26.5. The van der Waals surface area contributed by atoms with Gasteiger partial charge in [0.2, 0.25) is 5.15 Å². The maximum atomic E-state index is 11.6. The van der Waals surface area contributed by atoms with Crippen LogP contribution in [0.3, 0.4) is 0 Å². The van der Waals surface area contributed by atoms with Crippen molar-refractivity contribution >= 4 is 55.9 Å². The van der Waals surface area contributed by atoms with E-state index in [0.29, 0.717) is 10.9 Å². The van der Waals surface area contributed by atoms with Crippen molar-refractivity contribution in [1.82, 2.24) is 10.3 Å². The van der Waals surface area contributed by atoms with Crippen LogP contribution in [0.4, 0.5) is 16.2 Å². The van der Waals surface area contributed by atoms with Gasteiger partial charge in [-0.2, -0.15) is 0 Å². The molecule has 10 heteroatoms. The fourth-order valence-electron chi connectivity index (χ4n) is 2.21. The van der Waals surface area contributed by atoms with Gasteiger partial charge >= 0.3 is 11.8 Å². The van der Waals surface area contributed by atoms with Crippen LogP contribution in [0.2, 0.25) is 5.15 Å². The molecule has 2 rings (SSSR count). The lowest BCUT2D eigenvalue weighted by Gasteiger charge is -2.19. The summed E-state index contributed by atoms with van der Waals surface area (Å²) in [7, 11) is 0. The summed E-state index contributed by atoms with van der Waals surface area (Å²) in [6.45, 7) is 5.74. The Bertz CT molecular complexity index is 854. The number of carbonyl (C=O) groups excluding carboxylic acids is 1. The zero-order valence-electron chi connectivity index (χ0n) is 14.4. The number of aromatic nitrogens is 1. The first kappa shape index (κ1) is 20.2. The first-order valence-corrected chi connectivity index (χ1v) is 8.89. The number of anilines is 1. The van der Waals surface area contributed by atoms with E-state index in [1.807, 2.05) is 0 Å². The van der Waals surface area contributed by atoms with Crippen LogP contribution < -0.4 is 10.6 Å². The number of hydrogen-bond donors (Lipinski definition) is 2. The summed E-state index contributed by atoms with van der Waals surface area (Å²) in [5.74, 6) is 0. The van der Waals surface area contributed by atoms with Crippen molar-refractivity contribution in [2.75, 3.05) is 18.4 Å². The fraction of sp³-hybridized carbons (Fsp3) is 0.375. The second-order valence-corrected chi connectivity index (χ2v) is 7.67. The quantitative estimate of drug-likeness (QED) is 0.304. The highest BCUT2D eigenvalue weighted by atomic mass is 79.9. The van der Waals surface area contributed by atoms with Crippen LogP contribution in [-0.4, -0.2) is 34.7 Å². The lowest BCUT2D eigenvalue weighted by atomic mass is 10.1. The Balaban J connectivity index is 2.18. The van der Waals surface area contributed by atoms with Gasteiger partial charge in [0.25, 0.3) is 0 Å². The molecule has 0 spiro atoms. The van der Waals surface area contributed by atoms with Crippen LogP contribution in [0.1, 0.15) is 20.8 Å². The average molecular weight is 446 g/mol. The number of rotatable bonds is 5. The second-order valence-electron chi connectivity index (χ2n) is 6.40. The molecule has 1 aromatic carbocycles. The molecule has 1 heterocycles. The standard InChI is InChI=1S/C16H18BrClN4O4/c1-16(2,3)26-15(23)20-7-6-19-12-10-5-4-9(17)8-11(10)21-14(18)13(12)22(24)25/h4-5,8H,6-7H2,1-3H3,(H,19,21)(H,20,23). The number of benzene rings is 1. The zero-order chi connectivity index (χ0) is 19.5. The molecule has 2 N–H and O–H groups in total. The predicted molar refractivity (Wildman–Crippen MR) is 104 cm³/mol. The summed E-state index contributed by atoms with van der Waals surface area (Å²) in [6, 6.07) is 5.18. The maximum Gasteiger partial charge on any atom is 0.407 e. The largest absolute Gasteiger partial charge is 0.444 e. The van der Waals surface area contributed by atoms with Crippen molar-refractivity contribution in [3.8, 4) is 0 Å². The molecule has 0 aliphatic rings. The summed E-state index contributed by atoms with van der Waals surface area (Å²) < 4.78 is 5.91. The SMILES string of the molecule is CC(C)(C)OC(=O)NCCNc1c([N+](=O)[O-])c(Cl)nc2cc(Br)ccc12. The number of halogens is 2. The van der Waals surface area contributed by atoms with E-state index < -0.39 is 16.6 Å². The third kappa shape index (κ3) is 5.18. The van der Waals surface area contributed by atoms with Crippen molar-refractivity contribution in [3.63, 3.8) is 0 Å². The third-order valence-corrected chi connectivity index (χ3v) is 3.91. The second kappa shape index (κ2) is 8.05. The van der Waals surface area contributed by atoms with Crippen LogP contribution in [0.25, 0.3) is 10.9 Å². The summed E-state index contributed by atoms with van der Waals surface area (Å²) in [5.41, 5.74) is -0.141. The Morgan fingerprint density at radius 2 is 2.08 bits per heavy atom. The van der Waals surface area contributed by atoms with Gasteiger partial charge in [-0.1, -0.05) is 27.5 Å². The molecule has 0 unspecified atom stereocenters.